The number of aromatic nitrogens is 1. The molecule has 1 aromatic carbocycles. The normalized spacial score (nSPS) is 11.0. The first-order valence-electron chi connectivity index (χ1n) is 5.99. The molecule has 116 valence electrons. The molecule has 22 heavy (non-hydrogen) atoms. The standard InChI is InChI=1S/C13H11Cl2N3O3S/c1-8(19)17-12-4-3-10(6-11(12)14)22(20,21)18-9-2-5-13(15)16-7-9/h2-7,18H,1H3,(H,17,19). The summed E-state index contributed by atoms with van der Waals surface area (Å²) in [5, 5.41) is 2.87. The second-order valence-electron chi connectivity index (χ2n) is 4.30. The quantitative estimate of drug-likeness (QED) is 0.820. The lowest BCUT2D eigenvalue weighted by atomic mass is 10.3. The lowest BCUT2D eigenvalue weighted by molar-refractivity contribution is -0.114. The predicted molar refractivity (Wildman–Crippen MR) is 85.8 cm³/mol. The molecule has 6 nitrogen and oxygen atoms in total. The Kier molecular flexibility index (Phi) is 4.90. The average Bonchev–Trinajstić information content (AvgIpc) is 2.43. The fraction of sp³-hybridized carbons (Fsp3) is 0.0769. The highest BCUT2D eigenvalue weighted by molar-refractivity contribution is 7.92. The Morgan fingerprint density at radius 3 is 2.45 bits per heavy atom. The molecule has 0 bridgehead atoms. The number of nitrogens with zero attached hydrogens (tertiary/aromatic N) is 1. The number of amides is 1. The van der Waals surface area contributed by atoms with E-state index in [1.807, 2.05) is 0 Å². The third-order valence-corrected chi connectivity index (χ3v) is 4.46. The molecule has 9 heteroatoms. The zero-order valence-electron chi connectivity index (χ0n) is 11.3. The molecule has 0 atom stereocenters. The monoisotopic (exact) mass is 359 g/mol. The van der Waals surface area contributed by atoms with Crippen LogP contribution in [0.25, 0.3) is 0 Å². The van der Waals surface area contributed by atoms with E-state index >= 15 is 0 Å². The van der Waals surface area contributed by atoms with Gasteiger partial charge in [0, 0.05) is 6.92 Å². The first-order chi connectivity index (χ1) is 10.3. The number of rotatable bonds is 4. The van der Waals surface area contributed by atoms with Crippen LogP contribution >= 0.6 is 23.2 Å². The van der Waals surface area contributed by atoms with Crippen molar-refractivity contribution in [3.63, 3.8) is 0 Å². The second kappa shape index (κ2) is 6.51. The Labute approximate surface area is 137 Å². The van der Waals surface area contributed by atoms with Crippen LogP contribution in [-0.4, -0.2) is 19.3 Å². The van der Waals surface area contributed by atoms with Gasteiger partial charge >= 0.3 is 0 Å². The van der Waals surface area contributed by atoms with Gasteiger partial charge in [-0.15, -0.1) is 0 Å². The molecule has 0 aliphatic heterocycles. The van der Waals surface area contributed by atoms with Gasteiger partial charge in [-0.1, -0.05) is 23.2 Å². The van der Waals surface area contributed by atoms with Crippen molar-refractivity contribution in [1.82, 2.24) is 4.98 Å². The van der Waals surface area contributed by atoms with E-state index in [1.165, 1.54) is 43.5 Å². The third kappa shape index (κ3) is 4.09. The molecule has 2 aromatic rings. The SMILES string of the molecule is CC(=O)Nc1ccc(S(=O)(=O)Nc2ccc(Cl)nc2)cc1Cl. The highest BCUT2D eigenvalue weighted by Crippen LogP contribution is 2.26. The number of carbonyl (C=O) groups excluding carboxylic acids is 1. The lowest BCUT2D eigenvalue weighted by Gasteiger charge is -2.10. The number of hydrogen-bond acceptors (Lipinski definition) is 4. The summed E-state index contributed by atoms with van der Waals surface area (Å²) in [7, 11) is -3.82. The number of nitrogens with one attached hydrogen (secondary N) is 2. The van der Waals surface area contributed by atoms with Crippen LogP contribution in [-0.2, 0) is 14.8 Å². The van der Waals surface area contributed by atoms with Gasteiger partial charge in [0.15, 0.2) is 0 Å². The predicted octanol–water partition coefficient (Wildman–Crippen LogP) is 3.15. The maximum atomic E-state index is 12.3. The molecular weight excluding hydrogens is 349 g/mol. The first kappa shape index (κ1) is 16.5. The Balaban J connectivity index is 2.27. The van der Waals surface area contributed by atoms with Crippen LogP contribution in [0.1, 0.15) is 6.92 Å². The maximum Gasteiger partial charge on any atom is 0.261 e. The van der Waals surface area contributed by atoms with Crippen molar-refractivity contribution < 1.29 is 13.2 Å². The summed E-state index contributed by atoms with van der Waals surface area (Å²) < 4.78 is 26.9. The van der Waals surface area contributed by atoms with Crippen LogP contribution in [0.2, 0.25) is 10.2 Å². The van der Waals surface area contributed by atoms with E-state index < -0.39 is 10.0 Å². The minimum atomic E-state index is -3.82. The average molecular weight is 360 g/mol. The Hall–Kier alpha value is -1.83. The van der Waals surface area contributed by atoms with Crippen molar-refractivity contribution in [2.45, 2.75) is 11.8 Å². The van der Waals surface area contributed by atoms with Gasteiger partial charge in [0.1, 0.15) is 5.15 Å². The molecule has 0 fully saturated rings. The zero-order valence-corrected chi connectivity index (χ0v) is 13.6. The molecule has 1 aromatic heterocycles. The summed E-state index contributed by atoms with van der Waals surface area (Å²) in [6, 6.07) is 6.95. The van der Waals surface area contributed by atoms with Crippen LogP contribution in [0, 0.1) is 0 Å². The van der Waals surface area contributed by atoms with E-state index in [0.29, 0.717) is 5.69 Å². The van der Waals surface area contributed by atoms with E-state index in [2.05, 4.69) is 15.0 Å². The van der Waals surface area contributed by atoms with Crippen LogP contribution in [0.5, 0.6) is 0 Å². The summed E-state index contributed by atoms with van der Waals surface area (Å²) in [6.45, 7) is 1.33. The number of halogens is 2. The van der Waals surface area contributed by atoms with Gasteiger partial charge < -0.3 is 5.32 Å². The molecule has 0 unspecified atom stereocenters. The molecule has 0 radical (unpaired) electrons. The van der Waals surface area contributed by atoms with Gasteiger partial charge in [-0.3, -0.25) is 9.52 Å². The number of sulfonamides is 1. The molecule has 1 heterocycles. The number of carbonyl (C=O) groups is 1. The van der Waals surface area contributed by atoms with Crippen LogP contribution < -0.4 is 10.0 Å². The highest BCUT2D eigenvalue weighted by Gasteiger charge is 2.16. The van der Waals surface area contributed by atoms with E-state index in [9.17, 15) is 13.2 Å². The van der Waals surface area contributed by atoms with Gasteiger partial charge in [0.05, 0.1) is 27.5 Å². The Morgan fingerprint density at radius 1 is 1.18 bits per heavy atom. The molecule has 1 amide bonds. The summed E-state index contributed by atoms with van der Waals surface area (Å²) >= 11 is 11.6. The fourth-order valence-electron chi connectivity index (χ4n) is 1.60. The molecule has 0 saturated heterocycles. The van der Waals surface area contributed by atoms with Gasteiger partial charge in [0.25, 0.3) is 10.0 Å². The summed E-state index contributed by atoms with van der Waals surface area (Å²) in [6.07, 6.45) is 1.30. The summed E-state index contributed by atoms with van der Waals surface area (Å²) in [5.41, 5.74) is 0.604. The molecule has 2 N–H and O–H groups in total. The number of benzene rings is 1. The van der Waals surface area contributed by atoms with Gasteiger partial charge in [0.2, 0.25) is 5.91 Å². The smallest absolute Gasteiger partial charge is 0.261 e. The topological polar surface area (TPSA) is 88.2 Å². The van der Waals surface area contributed by atoms with Crippen LogP contribution in [0.15, 0.2) is 41.4 Å². The Bertz CT molecular complexity index is 808. The van der Waals surface area contributed by atoms with Crippen LogP contribution in [0.4, 0.5) is 11.4 Å². The molecule has 0 saturated carbocycles. The maximum absolute atomic E-state index is 12.3. The summed E-state index contributed by atoms with van der Waals surface area (Å²) in [4.78, 5) is 14.7. The molecular formula is C13H11Cl2N3O3S. The number of anilines is 2. The van der Waals surface area contributed by atoms with Crippen molar-refractivity contribution in [3.8, 4) is 0 Å². The first-order valence-corrected chi connectivity index (χ1v) is 8.23. The minimum Gasteiger partial charge on any atom is -0.325 e. The summed E-state index contributed by atoms with van der Waals surface area (Å²) in [5.74, 6) is -0.303. The van der Waals surface area contributed by atoms with E-state index in [1.54, 1.807) is 0 Å². The number of pyridine rings is 1. The number of hydrogen-bond donors (Lipinski definition) is 2. The van der Waals surface area contributed by atoms with Crippen molar-refractivity contribution >= 4 is 50.5 Å². The van der Waals surface area contributed by atoms with Gasteiger partial charge in [-0.05, 0) is 30.3 Å². The molecule has 0 aliphatic carbocycles. The highest BCUT2D eigenvalue weighted by atomic mass is 35.5. The second-order valence-corrected chi connectivity index (χ2v) is 6.77. The van der Waals surface area contributed by atoms with Crippen molar-refractivity contribution in [3.05, 3.63) is 46.7 Å². The minimum absolute atomic E-state index is 0.0402. The third-order valence-electron chi connectivity index (χ3n) is 2.54. The largest absolute Gasteiger partial charge is 0.325 e. The van der Waals surface area contributed by atoms with Crippen molar-refractivity contribution in [1.29, 1.82) is 0 Å². The molecule has 0 spiro atoms. The van der Waals surface area contributed by atoms with Crippen LogP contribution in [0.3, 0.4) is 0 Å². The van der Waals surface area contributed by atoms with Crippen molar-refractivity contribution in [2.24, 2.45) is 0 Å². The lowest BCUT2D eigenvalue weighted by Crippen LogP contribution is -2.13. The molecule has 0 aliphatic rings. The van der Waals surface area contributed by atoms with Gasteiger partial charge in [-0.2, -0.15) is 0 Å². The Morgan fingerprint density at radius 2 is 1.91 bits per heavy atom. The fourth-order valence-corrected chi connectivity index (χ4v) is 3.08. The van der Waals surface area contributed by atoms with E-state index in [4.69, 9.17) is 23.2 Å². The zero-order chi connectivity index (χ0) is 16.3. The van der Waals surface area contributed by atoms with Crippen molar-refractivity contribution in [2.75, 3.05) is 10.0 Å². The van der Waals surface area contributed by atoms with E-state index in [0.717, 1.165) is 0 Å². The van der Waals surface area contributed by atoms with E-state index in [-0.39, 0.29) is 26.7 Å². The van der Waals surface area contributed by atoms with Gasteiger partial charge in [-0.25, -0.2) is 13.4 Å². The molecule has 2 rings (SSSR count).